The van der Waals surface area contributed by atoms with E-state index in [0.717, 1.165) is 22.5 Å². The number of esters is 1. The Balaban J connectivity index is 1.50. The number of aliphatic hydroxyl groups excluding tert-OH is 1. The molecule has 212 valence electrons. The Bertz CT molecular complexity index is 1690. The van der Waals surface area contributed by atoms with Crippen LogP contribution in [0.25, 0.3) is 5.76 Å². The minimum atomic E-state index is -1.01. The quantitative estimate of drug-likeness (QED) is 0.0879. The molecule has 1 atom stereocenters. The lowest BCUT2D eigenvalue weighted by molar-refractivity contribution is -0.132. The SMILES string of the molecule is C=CCOC(=O)c1sc(N2C(=O)C(=O)C(=C(O)c3ccc(OCc4ccccc4C)cc3)C2c2ccncc2)nc1C. The zero-order valence-electron chi connectivity index (χ0n) is 22.9. The van der Waals surface area contributed by atoms with Gasteiger partial charge in [-0.25, -0.2) is 9.78 Å². The normalized spacial score (nSPS) is 16.0. The Hall–Kier alpha value is -5.09. The van der Waals surface area contributed by atoms with Crippen molar-refractivity contribution < 1.29 is 29.0 Å². The van der Waals surface area contributed by atoms with Gasteiger partial charge >= 0.3 is 11.9 Å². The molecule has 42 heavy (non-hydrogen) atoms. The summed E-state index contributed by atoms with van der Waals surface area (Å²) >= 11 is 0.932. The predicted octanol–water partition coefficient (Wildman–Crippen LogP) is 5.70. The Morgan fingerprint density at radius 2 is 1.79 bits per heavy atom. The van der Waals surface area contributed by atoms with E-state index >= 15 is 0 Å². The number of ketones is 1. The number of rotatable bonds is 9. The van der Waals surface area contributed by atoms with Crippen LogP contribution in [-0.4, -0.2) is 39.3 Å². The highest BCUT2D eigenvalue weighted by atomic mass is 32.1. The third-order valence-corrected chi connectivity index (χ3v) is 7.90. The highest BCUT2D eigenvalue weighted by Crippen LogP contribution is 2.44. The molecule has 1 unspecified atom stereocenters. The summed E-state index contributed by atoms with van der Waals surface area (Å²) in [4.78, 5) is 49.3. The van der Waals surface area contributed by atoms with Gasteiger partial charge in [0.25, 0.3) is 5.78 Å². The van der Waals surface area contributed by atoms with Crippen LogP contribution < -0.4 is 9.64 Å². The van der Waals surface area contributed by atoms with Crippen molar-refractivity contribution in [2.45, 2.75) is 26.5 Å². The molecule has 0 spiro atoms. The topological polar surface area (TPSA) is 119 Å². The van der Waals surface area contributed by atoms with Gasteiger partial charge in [0.2, 0.25) is 0 Å². The second-order valence-corrected chi connectivity index (χ2v) is 10.5. The van der Waals surface area contributed by atoms with Crippen molar-refractivity contribution in [3.05, 3.63) is 124 Å². The Labute approximate surface area is 246 Å². The fraction of sp³-hybridized carbons (Fsp3) is 0.156. The van der Waals surface area contributed by atoms with Gasteiger partial charge < -0.3 is 14.6 Å². The first-order valence-corrected chi connectivity index (χ1v) is 13.9. The number of pyridine rings is 1. The molecule has 1 fully saturated rings. The second kappa shape index (κ2) is 12.2. The number of amides is 1. The van der Waals surface area contributed by atoms with E-state index in [1.54, 1.807) is 43.3 Å². The molecular formula is C32H27N3O6S. The lowest BCUT2D eigenvalue weighted by atomic mass is 9.96. The number of hydrogen-bond acceptors (Lipinski definition) is 9. The first kappa shape index (κ1) is 28.4. The molecule has 9 nitrogen and oxygen atoms in total. The first-order chi connectivity index (χ1) is 20.3. The zero-order valence-corrected chi connectivity index (χ0v) is 23.8. The summed E-state index contributed by atoms with van der Waals surface area (Å²) < 4.78 is 11.1. The molecular weight excluding hydrogens is 554 g/mol. The summed E-state index contributed by atoms with van der Waals surface area (Å²) in [5.41, 5.74) is 3.27. The Morgan fingerprint density at radius 3 is 2.48 bits per heavy atom. The van der Waals surface area contributed by atoms with E-state index in [2.05, 4.69) is 16.5 Å². The van der Waals surface area contributed by atoms with Gasteiger partial charge in [0, 0.05) is 18.0 Å². The average Bonchev–Trinajstić information content (AvgIpc) is 3.52. The monoisotopic (exact) mass is 581 g/mol. The summed E-state index contributed by atoms with van der Waals surface area (Å²) in [7, 11) is 0. The number of nitrogens with zero attached hydrogens (tertiary/aromatic N) is 3. The van der Waals surface area contributed by atoms with Gasteiger partial charge in [0.15, 0.2) is 5.13 Å². The molecule has 5 rings (SSSR count). The van der Waals surface area contributed by atoms with Crippen LogP contribution in [0.1, 0.15) is 43.7 Å². The van der Waals surface area contributed by atoms with Crippen LogP contribution in [-0.2, 0) is 20.9 Å². The number of benzene rings is 2. The van der Waals surface area contributed by atoms with E-state index < -0.39 is 23.7 Å². The lowest BCUT2D eigenvalue weighted by Crippen LogP contribution is -2.29. The van der Waals surface area contributed by atoms with E-state index in [1.807, 2.05) is 31.2 Å². The lowest BCUT2D eigenvalue weighted by Gasteiger charge is -2.22. The van der Waals surface area contributed by atoms with Crippen LogP contribution >= 0.6 is 11.3 Å². The maximum absolute atomic E-state index is 13.4. The molecule has 2 aromatic carbocycles. The van der Waals surface area contributed by atoms with Crippen LogP contribution in [0.5, 0.6) is 5.75 Å². The highest BCUT2D eigenvalue weighted by Gasteiger charge is 2.48. The van der Waals surface area contributed by atoms with Gasteiger partial charge in [-0.3, -0.25) is 19.5 Å². The van der Waals surface area contributed by atoms with E-state index in [1.165, 1.54) is 23.4 Å². The number of anilines is 1. The van der Waals surface area contributed by atoms with Gasteiger partial charge in [-0.2, -0.15) is 0 Å². The van der Waals surface area contributed by atoms with Crippen LogP contribution in [0.15, 0.2) is 91.3 Å². The minimum Gasteiger partial charge on any atom is -0.507 e. The van der Waals surface area contributed by atoms with Gasteiger partial charge in [-0.15, -0.1) is 0 Å². The number of ether oxygens (including phenoxy) is 2. The number of aromatic nitrogens is 2. The van der Waals surface area contributed by atoms with Crippen LogP contribution in [0.4, 0.5) is 5.13 Å². The molecule has 1 aliphatic heterocycles. The van der Waals surface area contributed by atoms with Crippen molar-refractivity contribution in [3.63, 3.8) is 0 Å². The van der Waals surface area contributed by atoms with Gasteiger partial charge in [0.05, 0.1) is 17.3 Å². The summed E-state index contributed by atoms with van der Waals surface area (Å²) in [6.45, 7) is 7.56. The maximum atomic E-state index is 13.4. The number of Topliss-reactive ketones (excluding diaryl/α,β-unsaturated/α-hetero) is 1. The molecule has 1 saturated heterocycles. The first-order valence-electron chi connectivity index (χ1n) is 13.0. The number of carbonyl (C=O) groups is 3. The Morgan fingerprint density at radius 1 is 1.07 bits per heavy atom. The fourth-order valence-electron chi connectivity index (χ4n) is 4.56. The van der Waals surface area contributed by atoms with Gasteiger partial charge in [-0.1, -0.05) is 48.3 Å². The van der Waals surface area contributed by atoms with Crippen LogP contribution in [0, 0.1) is 13.8 Å². The Kier molecular flexibility index (Phi) is 8.26. The third kappa shape index (κ3) is 5.57. The van der Waals surface area contributed by atoms with Crippen LogP contribution in [0.2, 0.25) is 0 Å². The summed E-state index contributed by atoms with van der Waals surface area (Å²) in [6, 6.07) is 16.8. The van der Waals surface area contributed by atoms with Crippen molar-refractivity contribution in [2.75, 3.05) is 11.5 Å². The van der Waals surface area contributed by atoms with Crippen molar-refractivity contribution in [2.24, 2.45) is 0 Å². The second-order valence-electron chi connectivity index (χ2n) is 9.49. The smallest absolute Gasteiger partial charge is 0.350 e. The molecule has 0 aliphatic carbocycles. The standard InChI is InChI=1S/C32H27N3O6S/c1-4-17-40-31(39)29-20(3)34-32(42-29)35-26(21-13-15-33-16-14-21)25(28(37)30(35)38)27(36)22-9-11-24(12-10-22)41-18-23-8-6-5-7-19(23)2/h4-16,26,36H,1,17-18H2,2-3H3. The summed E-state index contributed by atoms with van der Waals surface area (Å²) in [6.07, 6.45) is 4.50. The fourth-order valence-corrected chi connectivity index (χ4v) is 5.55. The van der Waals surface area contributed by atoms with E-state index in [0.29, 0.717) is 29.2 Å². The van der Waals surface area contributed by atoms with Crippen molar-refractivity contribution in [1.29, 1.82) is 0 Å². The number of hydrogen-bond donors (Lipinski definition) is 1. The van der Waals surface area contributed by atoms with Crippen molar-refractivity contribution in [3.8, 4) is 5.75 Å². The van der Waals surface area contributed by atoms with Crippen molar-refractivity contribution >= 4 is 39.9 Å². The molecule has 2 aromatic heterocycles. The van der Waals surface area contributed by atoms with E-state index in [9.17, 15) is 19.5 Å². The number of thiazole rings is 1. The predicted molar refractivity (Wildman–Crippen MR) is 158 cm³/mol. The molecule has 1 aliphatic rings. The molecule has 1 amide bonds. The molecule has 1 N–H and O–H groups in total. The molecule has 0 saturated carbocycles. The number of carbonyl (C=O) groups excluding carboxylic acids is 3. The van der Waals surface area contributed by atoms with Crippen molar-refractivity contribution in [1.82, 2.24) is 9.97 Å². The number of aryl methyl sites for hydroxylation is 2. The average molecular weight is 582 g/mol. The highest BCUT2D eigenvalue weighted by molar-refractivity contribution is 7.17. The molecule has 3 heterocycles. The maximum Gasteiger partial charge on any atom is 0.350 e. The van der Waals surface area contributed by atoms with Gasteiger partial charge in [0.1, 0.15) is 29.6 Å². The third-order valence-electron chi connectivity index (χ3n) is 6.76. The number of aliphatic hydroxyl groups is 1. The minimum absolute atomic E-state index is 0.0166. The summed E-state index contributed by atoms with van der Waals surface area (Å²) in [5, 5.41) is 11.5. The summed E-state index contributed by atoms with van der Waals surface area (Å²) in [5.74, 6) is -2.14. The molecule has 0 radical (unpaired) electrons. The van der Waals surface area contributed by atoms with E-state index in [-0.39, 0.29) is 27.9 Å². The zero-order chi connectivity index (χ0) is 29.8. The van der Waals surface area contributed by atoms with Crippen LogP contribution in [0.3, 0.4) is 0 Å². The molecule has 10 heteroatoms. The van der Waals surface area contributed by atoms with E-state index in [4.69, 9.17) is 9.47 Å². The molecule has 0 bridgehead atoms. The van der Waals surface area contributed by atoms with Gasteiger partial charge in [-0.05, 0) is 66.9 Å². The molecule has 4 aromatic rings. The largest absolute Gasteiger partial charge is 0.507 e.